The number of carbonyl (C=O) groups is 1. The quantitative estimate of drug-likeness (QED) is 0.780. The third kappa shape index (κ3) is 1.63. The molecule has 0 saturated heterocycles. The molecule has 0 fully saturated rings. The maximum Gasteiger partial charge on any atom is 0.211 e. The summed E-state index contributed by atoms with van der Waals surface area (Å²) >= 11 is 0. The van der Waals surface area contributed by atoms with Crippen molar-refractivity contribution in [2.45, 2.75) is 13.0 Å². The Balaban J connectivity index is 2.64. The summed E-state index contributed by atoms with van der Waals surface area (Å²) in [6.07, 6.45) is 5.41. The maximum atomic E-state index is 10.5. The standard InChI is InChI=1S/C10H12N4O2/c1-7(16-2)9-8(12-6-15)5-13-14-4-3-11-10(9)14/h3-7H,1-2H3,(H,12,15). The molecule has 0 aliphatic carbocycles. The SMILES string of the molecule is COC(C)c1c(NC=O)cnn2ccnc12. The van der Waals surface area contributed by atoms with Crippen LogP contribution in [0.15, 0.2) is 18.6 Å². The lowest BCUT2D eigenvalue weighted by Crippen LogP contribution is -2.08. The Labute approximate surface area is 92.2 Å². The van der Waals surface area contributed by atoms with Crippen LogP contribution in [-0.2, 0) is 9.53 Å². The predicted molar refractivity (Wildman–Crippen MR) is 58.1 cm³/mol. The smallest absolute Gasteiger partial charge is 0.211 e. The first-order valence-electron chi connectivity index (χ1n) is 4.83. The Bertz CT molecular complexity index is 508. The number of imidazole rings is 1. The van der Waals surface area contributed by atoms with Gasteiger partial charge in [-0.15, -0.1) is 0 Å². The summed E-state index contributed by atoms with van der Waals surface area (Å²) in [6, 6.07) is 0. The normalized spacial score (nSPS) is 12.6. The molecule has 2 rings (SSSR count). The number of methoxy groups -OCH3 is 1. The summed E-state index contributed by atoms with van der Waals surface area (Å²) < 4.78 is 6.90. The van der Waals surface area contributed by atoms with Crippen LogP contribution in [0.25, 0.3) is 5.65 Å². The van der Waals surface area contributed by atoms with Gasteiger partial charge in [0.2, 0.25) is 6.41 Å². The van der Waals surface area contributed by atoms with Crippen LogP contribution in [0, 0.1) is 0 Å². The minimum absolute atomic E-state index is 0.171. The first-order chi connectivity index (χ1) is 7.77. The molecule has 1 amide bonds. The van der Waals surface area contributed by atoms with Crippen molar-refractivity contribution in [1.29, 1.82) is 0 Å². The van der Waals surface area contributed by atoms with Gasteiger partial charge in [0.15, 0.2) is 5.65 Å². The third-order valence-corrected chi connectivity index (χ3v) is 2.44. The highest BCUT2D eigenvalue weighted by molar-refractivity contribution is 5.76. The minimum Gasteiger partial charge on any atom is -0.377 e. The zero-order valence-electron chi connectivity index (χ0n) is 9.04. The van der Waals surface area contributed by atoms with Crippen molar-refractivity contribution in [1.82, 2.24) is 14.6 Å². The fourth-order valence-corrected chi connectivity index (χ4v) is 1.59. The largest absolute Gasteiger partial charge is 0.377 e. The van der Waals surface area contributed by atoms with Gasteiger partial charge < -0.3 is 10.1 Å². The predicted octanol–water partition coefficient (Wildman–Crippen LogP) is 1.00. The van der Waals surface area contributed by atoms with Crippen molar-refractivity contribution >= 4 is 17.7 Å². The van der Waals surface area contributed by atoms with Gasteiger partial charge in [-0.3, -0.25) is 4.79 Å². The van der Waals surface area contributed by atoms with E-state index in [1.165, 1.54) is 0 Å². The van der Waals surface area contributed by atoms with E-state index in [2.05, 4.69) is 15.4 Å². The Morgan fingerprint density at radius 3 is 3.12 bits per heavy atom. The summed E-state index contributed by atoms with van der Waals surface area (Å²) in [4.78, 5) is 14.7. The summed E-state index contributed by atoms with van der Waals surface area (Å²) in [5.41, 5.74) is 2.11. The van der Waals surface area contributed by atoms with Crippen LogP contribution >= 0.6 is 0 Å². The lowest BCUT2D eigenvalue weighted by atomic mass is 10.1. The highest BCUT2D eigenvalue weighted by atomic mass is 16.5. The highest BCUT2D eigenvalue weighted by Crippen LogP contribution is 2.27. The van der Waals surface area contributed by atoms with E-state index in [9.17, 15) is 4.79 Å². The van der Waals surface area contributed by atoms with Crippen LogP contribution in [0.4, 0.5) is 5.69 Å². The average molecular weight is 220 g/mol. The average Bonchev–Trinajstić information content (AvgIpc) is 2.76. The first kappa shape index (κ1) is 10.6. The number of nitrogens with one attached hydrogen (secondary N) is 1. The van der Waals surface area contributed by atoms with Crippen molar-refractivity contribution < 1.29 is 9.53 Å². The van der Waals surface area contributed by atoms with Crippen molar-refractivity contribution in [3.63, 3.8) is 0 Å². The number of anilines is 1. The summed E-state index contributed by atoms with van der Waals surface area (Å²) in [5.74, 6) is 0. The van der Waals surface area contributed by atoms with Crippen molar-refractivity contribution in [3.8, 4) is 0 Å². The third-order valence-electron chi connectivity index (χ3n) is 2.44. The van der Waals surface area contributed by atoms with E-state index >= 15 is 0 Å². The molecule has 0 aliphatic heterocycles. The zero-order chi connectivity index (χ0) is 11.5. The lowest BCUT2D eigenvalue weighted by molar-refractivity contribution is -0.105. The molecule has 6 nitrogen and oxygen atoms in total. The maximum absolute atomic E-state index is 10.5. The van der Waals surface area contributed by atoms with Gasteiger partial charge in [-0.05, 0) is 6.92 Å². The van der Waals surface area contributed by atoms with Crippen LogP contribution in [0.1, 0.15) is 18.6 Å². The Morgan fingerprint density at radius 1 is 1.62 bits per heavy atom. The molecular formula is C10H12N4O2. The monoisotopic (exact) mass is 220 g/mol. The molecule has 0 radical (unpaired) electrons. The van der Waals surface area contributed by atoms with Gasteiger partial charge in [0.05, 0.1) is 23.6 Å². The van der Waals surface area contributed by atoms with Crippen LogP contribution in [0.2, 0.25) is 0 Å². The summed E-state index contributed by atoms with van der Waals surface area (Å²) in [6.45, 7) is 1.89. The van der Waals surface area contributed by atoms with E-state index < -0.39 is 0 Å². The van der Waals surface area contributed by atoms with Crippen LogP contribution < -0.4 is 5.32 Å². The molecule has 0 spiro atoms. The van der Waals surface area contributed by atoms with Gasteiger partial charge in [-0.25, -0.2) is 9.50 Å². The van der Waals surface area contributed by atoms with E-state index in [1.54, 1.807) is 30.2 Å². The molecule has 1 unspecified atom stereocenters. The number of hydrogen-bond acceptors (Lipinski definition) is 4. The molecule has 6 heteroatoms. The Hall–Kier alpha value is -1.95. The number of amides is 1. The van der Waals surface area contributed by atoms with Crippen LogP contribution in [0.3, 0.4) is 0 Å². The molecular weight excluding hydrogens is 208 g/mol. The van der Waals surface area contributed by atoms with Crippen LogP contribution in [-0.4, -0.2) is 28.1 Å². The van der Waals surface area contributed by atoms with Crippen LogP contribution in [0.5, 0.6) is 0 Å². The van der Waals surface area contributed by atoms with Gasteiger partial charge in [-0.1, -0.05) is 0 Å². The van der Waals surface area contributed by atoms with Crippen molar-refractivity contribution in [3.05, 3.63) is 24.2 Å². The molecule has 16 heavy (non-hydrogen) atoms. The Kier molecular flexibility index (Phi) is 2.82. The molecule has 0 aliphatic rings. The topological polar surface area (TPSA) is 68.5 Å². The van der Waals surface area contributed by atoms with Gasteiger partial charge in [0, 0.05) is 19.5 Å². The highest BCUT2D eigenvalue weighted by Gasteiger charge is 2.16. The molecule has 2 heterocycles. The second kappa shape index (κ2) is 4.28. The van der Waals surface area contributed by atoms with Gasteiger partial charge in [-0.2, -0.15) is 5.10 Å². The van der Waals surface area contributed by atoms with Gasteiger partial charge >= 0.3 is 0 Å². The molecule has 0 saturated carbocycles. The number of nitrogens with zero attached hydrogens (tertiary/aromatic N) is 3. The minimum atomic E-state index is -0.171. The fourth-order valence-electron chi connectivity index (χ4n) is 1.59. The number of rotatable bonds is 4. The van der Waals surface area contributed by atoms with Gasteiger partial charge in [0.1, 0.15) is 0 Å². The van der Waals surface area contributed by atoms with E-state index in [-0.39, 0.29) is 6.10 Å². The van der Waals surface area contributed by atoms with E-state index in [4.69, 9.17) is 4.74 Å². The Morgan fingerprint density at radius 2 is 2.44 bits per heavy atom. The number of fused-ring (bicyclic) bond motifs is 1. The second-order valence-electron chi connectivity index (χ2n) is 3.31. The number of carbonyl (C=O) groups excluding carboxylic acids is 1. The molecule has 84 valence electrons. The second-order valence-corrected chi connectivity index (χ2v) is 3.31. The molecule has 1 N–H and O–H groups in total. The first-order valence-corrected chi connectivity index (χ1v) is 4.83. The van der Waals surface area contributed by atoms with Crippen molar-refractivity contribution in [2.75, 3.05) is 12.4 Å². The van der Waals surface area contributed by atoms with E-state index in [1.807, 2.05) is 6.92 Å². The van der Waals surface area contributed by atoms with Gasteiger partial charge in [0.25, 0.3) is 0 Å². The molecule has 0 bridgehead atoms. The molecule has 1 atom stereocenters. The molecule has 2 aromatic heterocycles. The molecule has 2 aromatic rings. The lowest BCUT2D eigenvalue weighted by Gasteiger charge is -2.14. The number of ether oxygens (including phenoxy) is 1. The zero-order valence-corrected chi connectivity index (χ0v) is 9.04. The summed E-state index contributed by atoms with van der Waals surface area (Å²) in [7, 11) is 1.61. The summed E-state index contributed by atoms with van der Waals surface area (Å²) in [5, 5.41) is 6.71. The number of aromatic nitrogens is 3. The molecule has 0 aromatic carbocycles. The fraction of sp³-hybridized carbons (Fsp3) is 0.300. The van der Waals surface area contributed by atoms with E-state index in [0.717, 1.165) is 5.56 Å². The number of hydrogen-bond donors (Lipinski definition) is 1. The van der Waals surface area contributed by atoms with E-state index in [0.29, 0.717) is 17.7 Å². The van der Waals surface area contributed by atoms with Crippen molar-refractivity contribution in [2.24, 2.45) is 0 Å².